The van der Waals surface area contributed by atoms with Gasteiger partial charge < -0.3 is 10.8 Å². The molecule has 96 valence electrons. The molecule has 0 saturated heterocycles. The molecule has 4 nitrogen and oxygen atoms in total. The van der Waals surface area contributed by atoms with E-state index in [1.807, 2.05) is 0 Å². The molecule has 0 spiro atoms. The molecule has 0 bridgehead atoms. The van der Waals surface area contributed by atoms with Crippen molar-refractivity contribution < 1.29 is 13.5 Å². The summed E-state index contributed by atoms with van der Waals surface area (Å²) >= 11 is 8.78. The molecular formula is C10H13BrClNO3S. The maximum atomic E-state index is 11.8. The lowest BCUT2D eigenvalue weighted by molar-refractivity contribution is 0.185. The second-order valence-electron chi connectivity index (χ2n) is 3.54. The van der Waals surface area contributed by atoms with Crippen LogP contribution in [0.3, 0.4) is 0 Å². The van der Waals surface area contributed by atoms with E-state index in [1.165, 1.54) is 13.0 Å². The lowest BCUT2D eigenvalue weighted by Crippen LogP contribution is -2.34. The molecule has 1 aromatic rings. The first-order chi connectivity index (χ1) is 7.72. The molecule has 0 saturated carbocycles. The van der Waals surface area contributed by atoms with Crippen molar-refractivity contribution >= 4 is 43.1 Å². The second-order valence-corrected chi connectivity index (χ2v) is 9.04. The van der Waals surface area contributed by atoms with Crippen molar-refractivity contribution in [3.63, 3.8) is 0 Å². The van der Waals surface area contributed by atoms with Crippen LogP contribution in [0.5, 0.6) is 0 Å². The molecule has 0 amide bonds. The Morgan fingerprint density at radius 3 is 2.65 bits per heavy atom. The third-order valence-electron chi connectivity index (χ3n) is 2.34. The van der Waals surface area contributed by atoms with Crippen LogP contribution in [-0.4, -0.2) is 22.4 Å². The number of aliphatic hydroxyl groups excluding tert-OH is 1. The standard InChI is InChI=1S/C10H13BrClNO3S/c1-2-17(15,16)10(11,12)9(14)7-4-3-5-8(13)6-7/h3-6,9,14H,2,13H2,1H3/t9-,10+/m0/s1. The van der Waals surface area contributed by atoms with Gasteiger partial charge in [0.05, 0.1) is 5.75 Å². The summed E-state index contributed by atoms with van der Waals surface area (Å²) in [6.45, 7) is 1.46. The van der Waals surface area contributed by atoms with Crippen molar-refractivity contribution in [1.82, 2.24) is 0 Å². The predicted octanol–water partition coefficient (Wildman–Crippen LogP) is 2.02. The molecule has 0 aliphatic rings. The Morgan fingerprint density at radius 1 is 1.59 bits per heavy atom. The van der Waals surface area contributed by atoms with Crippen LogP contribution >= 0.6 is 27.5 Å². The summed E-state index contributed by atoms with van der Waals surface area (Å²) < 4.78 is 21.6. The summed E-state index contributed by atoms with van der Waals surface area (Å²) in [5.74, 6) is -0.179. The normalized spacial score (nSPS) is 17.4. The summed E-state index contributed by atoms with van der Waals surface area (Å²) in [5.41, 5.74) is 6.33. The van der Waals surface area contributed by atoms with Crippen LogP contribution in [0.15, 0.2) is 24.3 Å². The van der Waals surface area contributed by atoms with Gasteiger partial charge in [-0.05, 0) is 33.6 Å². The van der Waals surface area contributed by atoms with Crippen LogP contribution in [0, 0.1) is 0 Å². The summed E-state index contributed by atoms with van der Waals surface area (Å²) in [6, 6.07) is 6.29. The van der Waals surface area contributed by atoms with Gasteiger partial charge in [0.25, 0.3) is 0 Å². The maximum Gasteiger partial charge on any atom is 0.229 e. The maximum absolute atomic E-state index is 11.8. The zero-order chi connectivity index (χ0) is 13.3. The minimum atomic E-state index is -3.67. The number of halogens is 2. The van der Waals surface area contributed by atoms with Crippen LogP contribution < -0.4 is 5.73 Å². The molecular weight excluding hydrogens is 330 g/mol. The van der Waals surface area contributed by atoms with E-state index in [4.69, 9.17) is 17.3 Å². The topological polar surface area (TPSA) is 80.4 Å². The van der Waals surface area contributed by atoms with E-state index in [0.29, 0.717) is 11.3 Å². The largest absolute Gasteiger partial charge is 0.399 e. The number of nitrogen functional groups attached to an aromatic ring is 1. The van der Waals surface area contributed by atoms with Gasteiger partial charge in [0.1, 0.15) is 6.10 Å². The fourth-order valence-corrected chi connectivity index (χ4v) is 3.55. The first-order valence-electron chi connectivity index (χ1n) is 4.86. The minimum absolute atomic E-state index is 0.179. The van der Waals surface area contributed by atoms with Gasteiger partial charge in [-0.1, -0.05) is 30.7 Å². The first-order valence-corrected chi connectivity index (χ1v) is 7.68. The van der Waals surface area contributed by atoms with Gasteiger partial charge in [0.2, 0.25) is 3.12 Å². The monoisotopic (exact) mass is 341 g/mol. The van der Waals surface area contributed by atoms with E-state index in [9.17, 15) is 13.5 Å². The van der Waals surface area contributed by atoms with Gasteiger partial charge in [-0.25, -0.2) is 8.42 Å². The van der Waals surface area contributed by atoms with Crippen molar-refractivity contribution in [3.05, 3.63) is 29.8 Å². The molecule has 0 heterocycles. The van der Waals surface area contributed by atoms with Gasteiger partial charge in [-0.3, -0.25) is 0 Å². The zero-order valence-corrected chi connectivity index (χ0v) is 12.3. The Bertz CT molecular complexity index is 504. The Kier molecular flexibility index (Phi) is 4.46. The molecule has 1 rings (SSSR count). The van der Waals surface area contributed by atoms with Crippen LogP contribution in [0.1, 0.15) is 18.6 Å². The number of benzene rings is 1. The molecule has 1 aromatic carbocycles. The number of hydrogen-bond donors (Lipinski definition) is 2. The highest BCUT2D eigenvalue weighted by Gasteiger charge is 2.45. The molecule has 0 aromatic heterocycles. The highest BCUT2D eigenvalue weighted by atomic mass is 79.9. The first kappa shape index (κ1) is 14.8. The number of nitrogens with two attached hydrogens (primary N) is 1. The molecule has 17 heavy (non-hydrogen) atoms. The van der Waals surface area contributed by atoms with Crippen molar-refractivity contribution in [2.75, 3.05) is 11.5 Å². The van der Waals surface area contributed by atoms with Crippen molar-refractivity contribution in [2.24, 2.45) is 0 Å². The quantitative estimate of drug-likeness (QED) is 0.648. The van der Waals surface area contributed by atoms with Crippen LogP contribution in [0.4, 0.5) is 5.69 Å². The highest BCUT2D eigenvalue weighted by Crippen LogP contribution is 2.43. The lowest BCUT2D eigenvalue weighted by Gasteiger charge is -2.25. The van der Waals surface area contributed by atoms with Gasteiger partial charge in [0, 0.05) is 5.69 Å². The van der Waals surface area contributed by atoms with Gasteiger partial charge in [0.15, 0.2) is 9.84 Å². The molecule has 2 atom stereocenters. The summed E-state index contributed by atoms with van der Waals surface area (Å²) in [6.07, 6.45) is -1.40. The Morgan fingerprint density at radius 2 is 2.18 bits per heavy atom. The van der Waals surface area contributed by atoms with Gasteiger partial charge in [-0.2, -0.15) is 0 Å². The van der Waals surface area contributed by atoms with E-state index < -0.39 is 19.1 Å². The molecule has 0 aliphatic heterocycles. The van der Waals surface area contributed by atoms with Crippen molar-refractivity contribution in [1.29, 1.82) is 0 Å². The molecule has 0 radical (unpaired) electrons. The van der Waals surface area contributed by atoms with Crippen LogP contribution in [-0.2, 0) is 9.84 Å². The average molecular weight is 343 g/mol. The summed E-state index contributed by atoms with van der Waals surface area (Å²) in [4.78, 5) is 0. The van der Waals surface area contributed by atoms with E-state index >= 15 is 0 Å². The number of anilines is 1. The molecule has 3 N–H and O–H groups in total. The van der Waals surface area contributed by atoms with Crippen LogP contribution in [0.2, 0.25) is 0 Å². The molecule has 0 unspecified atom stereocenters. The molecule has 7 heteroatoms. The second kappa shape index (κ2) is 5.14. The lowest BCUT2D eigenvalue weighted by atomic mass is 10.1. The Hall–Kier alpha value is -0.300. The summed E-state index contributed by atoms with van der Waals surface area (Å²) in [7, 11) is -3.67. The third-order valence-corrected chi connectivity index (χ3v) is 6.98. The zero-order valence-electron chi connectivity index (χ0n) is 9.10. The van der Waals surface area contributed by atoms with Crippen molar-refractivity contribution in [3.8, 4) is 0 Å². The number of alkyl halides is 2. The summed E-state index contributed by atoms with van der Waals surface area (Å²) in [5, 5.41) is 10.0. The smallest absolute Gasteiger partial charge is 0.229 e. The van der Waals surface area contributed by atoms with E-state index in [0.717, 1.165) is 0 Å². The predicted molar refractivity (Wildman–Crippen MR) is 72.8 cm³/mol. The Labute approximate surface area is 114 Å². The Balaban J connectivity index is 3.17. The van der Waals surface area contributed by atoms with E-state index in [-0.39, 0.29) is 5.75 Å². The van der Waals surface area contributed by atoms with E-state index in [1.54, 1.807) is 18.2 Å². The fourth-order valence-electron chi connectivity index (χ4n) is 1.29. The number of hydrogen-bond acceptors (Lipinski definition) is 4. The number of aliphatic hydroxyl groups is 1. The van der Waals surface area contributed by atoms with Crippen molar-refractivity contribution in [2.45, 2.75) is 16.1 Å². The fraction of sp³-hybridized carbons (Fsp3) is 0.400. The number of rotatable bonds is 4. The van der Waals surface area contributed by atoms with Crippen LogP contribution in [0.25, 0.3) is 0 Å². The van der Waals surface area contributed by atoms with Gasteiger partial charge in [-0.15, -0.1) is 0 Å². The molecule has 0 fully saturated rings. The SMILES string of the molecule is CCS(=O)(=O)[C@@](Cl)(Br)[C@@H](O)c1cccc(N)c1. The third kappa shape index (κ3) is 2.93. The number of sulfone groups is 1. The average Bonchev–Trinajstić information content (AvgIpc) is 2.27. The minimum Gasteiger partial charge on any atom is -0.399 e. The van der Waals surface area contributed by atoms with Gasteiger partial charge >= 0.3 is 0 Å². The highest BCUT2D eigenvalue weighted by molar-refractivity contribution is 9.12. The van der Waals surface area contributed by atoms with E-state index in [2.05, 4.69) is 15.9 Å². The molecule has 0 aliphatic carbocycles.